The highest BCUT2D eigenvalue weighted by molar-refractivity contribution is 6.07. The first-order valence-corrected chi connectivity index (χ1v) is 6.87. The lowest BCUT2D eigenvalue weighted by Gasteiger charge is -2.25. The highest BCUT2D eigenvalue weighted by Gasteiger charge is 2.45. The number of nitrogens with one attached hydrogen (secondary N) is 1. The van der Waals surface area contributed by atoms with Gasteiger partial charge < -0.3 is 21.0 Å². The van der Waals surface area contributed by atoms with E-state index in [0.29, 0.717) is 38.5 Å². The van der Waals surface area contributed by atoms with Gasteiger partial charge in [-0.2, -0.15) is 0 Å². The molecule has 19 heavy (non-hydrogen) atoms. The Morgan fingerprint density at radius 3 is 2.63 bits per heavy atom. The molecule has 1 aliphatic rings. The van der Waals surface area contributed by atoms with Gasteiger partial charge in [0.1, 0.15) is 5.41 Å². The van der Waals surface area contributed by atoms with Crippen molar-refractivity contribution in [1.29, 1.82) is 0 Å². The van der Waals surface area contributed by atoms with E-state index in [9.17, 15) is 4.79 Å². The Morgan fingerprint density at radius 2 is 2.11 bits per heavy atom. The lowest BCUT2D eigenvalue weighted by atomic mass is 9.84. The number of ether oxygens (including phenoxy) is 1. The van der Waals surface area contributed by atoms with Gasteiger partial charge in [0.25, 0.3) is 0 Å². The molecule has 0 bridgehead atoms. The highest BCUT2D eigenvalue weighted by Crippen LogP contribution is 2.38. The number of hydrogen-bond donors (Lipinski definition) is 3. The van der Waals surface area contributed by atoms with Gasteiger partial charge in [0.15, 0.2) is 5.84 Å². The van der Waals surface area contributed by atoms with Gasteiger partial charge in [-0.3, -0.25) is 4.79 Å². The fourth-order valence-electron chi connectivity index (χ4n) is 2.40. The van der Waals surface area contributed by atoms with E-state index in [-0.39, 0.29) is 11.7 Å². The van der Waals surface area contributed by atoms with E-state index >= 15 is 0 Å². The number of carbonyl (C=O) groups excluding carboxylic acids is 1. The van der Waals surface area contributed by atoms with Crippen molar-refractivity contribution in [2.45, 2.75) is 39.5 Å². The third-order valence-corrected chi connectivity index (χ3v) is 3.47. The molecule has 0 heterocycles. The van der Waals surface area contributed by atoms with Gasteiger partial charge in [0.05, 0.1) is 6.61 Å². The quantitative estimate of drug-likeness (QED) is 0.212. The van der Waals surface area contributed by atoms with Gasteiger partial charge in [-0.1, -0.05) is 31.8 Å². The third kappa shape index (κ3) is 4.09. The molecule has 1 saturated carbocycles. The van der Waals surface area contributed by atoms with Crippen LogP contribution in [0.3, 0.4) is 0 Å². The molecule has 1 amide bonds. The second kappa shape index (κ2) is 7.33. The summed E-state index contributed by atoms with van der Waals surface area (Å²) in [5, 5.41) is 14.7. The van der Waals surface area contributed by atoms with Crippen LogP contribution in [0.25, 0.3) is 0 Å². The maximum atomic E-state index is 12.2. The molecule has 0 aliphatic heterocycles. The number of amides is 1. The fraction of sp³-hybridized carbons (Fsp3) is 0.846. The zero-order valence-corrected chi connectivity index (χ0v) is 11.8. The van der Waals surface area contributed by atoms with E-state index in [1.54, 1.807) is 0 Å². The van der Waals surface area contributed by atoms with E-state index < -0.39 is 5.41 Å². The minimum atomic E-state index is -0.827. The molecule has 6 heteroatoms. The van der Waals surface area contributed by atoms with Crippen LogP contribution in [0.4, 0.5) is 0 Å². The molecule has 1 rings (SSSR count). The Labute approximate surface area is 114 Å². The summed E-state index contributed by atoms with van der Waals surface area (Å²) in [6.07, 6.45) is 3.13. The topological polar surface area (TPSA) is 96.9 Å². The summed E-state index contributed by atoms with van der Waals surface area (Å²) in [5.74, 6) is 0.341. The molecule has 0 saturated heterocycles. The van der Waals surface area contributed by atoms with Crippen LogP contribution in [0.15, 0.2) is 5.16 Å². The zero-order chi connectivity index (χ0) is 14.3. The Bertz CT molecular complexity index is 323. The van der Waals surface area contributed by atoms with Crippen LogP contribution in [0, 0.1) is 11.3 Å². The van der Waals surface area contributed by atoms with Gasteiger partial charge in [-0.15, -0.1) is 0 Å². The molecule has 0 spiro atoms. The predicted octanol–water partition coefficient (Wildman–Crippen LogP) is 1.08. The Hall–Kier alpha value is -1.30. The Balaban J connectivity index is 2.42. The van der Waals surface area contributed by atoms with Gasteiger partial charge >= 0.3 is 0 Å². The first kappa shape index (κ1) is 15.8. The van der Waals surface area contributed by atoms with Crippen molar-refractivity contribution in [2.75, 3.05) is 19.8 Å². The van der Waals surface area contributed by atoms with Crippen LogP contribution in [0.1, 0.15) is 39.5 Å². The monoisotopic (exact) mass is 271 g/mol. The zero-order valence-electron chi connectivity index (χ0n) is 11.8. The second-order valence-corrected chi connectivity index (χ2v) is 5.50. The minimum absolute atomic E-state index is 0.0191. The van der Waals surface area contributed by atoms with Crippen molar-refractivity contribution in [3.63, 3.8) is 0 Å². The summed E-state index contributed by atoms with van der Waals surface area (Å²) in [6, 6.07) is 0. The number of nitrogens with two attached hydrogens (primary N) is 1. The van der Waals surface area contributed by atoms with Gasteiger partial charge in [-0.25, -0.2) is 0 Å². The van der Waals surface area contributed by atoms with Crippen LogP contribution in [-0.4, -0.2) is 36.7 Å². The van der Waals surface area contributed by atoms with Gasteiger partial charge in [0, 0.05) is 13.2 Å². The summed E-state index contributed by atoms with van der Waals surface area (Å²) in [7, 11) is 0. The summed E-state index contributed by atoms with van der Waals surface area (Å²) < 4.78 is 5.40. The lowest BCUT2D eigenvalue weighted by molar-refractivity contribution is -0.127. The highest BCUT2D eigenvalue weighted by atomic mass is 16.5. The van der Waals surface area contributed by atoms with Crippen LogP contribution in [-0.2, 0) is 9.53 Å². The van der Waals surface area contributed by atoms with Crippen LogP contribution in [0.5, 0.6) is 0 Å². The van der Waals surface area contributed by atoms with Gasteiger partial charge in [0.2, 0.25) is 5.91 Å². The molecular formula is C13H25N3O3. The van der Waals surface area contributed by atoms with Gasteiger partial charge in [-0.05, 0) is 18.8 Å². The normalized spacial score (nSPS) is 18.8. The molecule has 0 radical (unpaired) electrons. The summed E-state index contributed by atoms with van der Waals surface area (Å²) >= 11 is 0. The molecule has 0 aromatic rings. The Morgan fingerprint density at radius 1 is 1.47 bits per heavy atom. The van der Waals surface area contributed by atoms with Crippen molar-refractivity contribution >= 4 is 11.7 Å². The van der Waals surface area contributed by atoms with Crippen molar-refractivity contribution < 1.29 is 14.7 Å². The average Bonchev–Trinajstić information content (AvgIpc) is 2.87. The van der Waals surface area contributed by atoms with Crippen molar-refractivity contribution in [3.05, 3.63) is 0 Å². The number of rotatable bonds is 7. The maximum Gasteiger partial charge on any atom is 0.234 e. The molecule has 110 valence electrons. The summed E-state index contributed by atoms with van der Waals surface area (Å²) in [5.41, 5.74) is 4.87. The van der Waals surface area contributed by atoms with Crippen molar-refractivity contribution in [1.82, 2.24) is 5.32 Å². The third-order valence-electron chi connectivity index (χ3n) is 3.47. The molecule has 0 aromatic heterocycles. The van der Waals surface area contributed by atoms with Crippen molar-refractivity contribution in [2.24, 2.45) is 22.2 Å². The number of carbonyl (C=O) groups is 1. The molecule has 0 aromatic carbocycles. The molecule has 1 fully saturated rings. The molecule has 1 aliphatic carbocycles. The summed E-state index contributed by atoms with van der Waals surface area (Å²) in [4.78, 5) is 12.2. The molecule has 4 N–H and O–H groups in total. The maximum absolute atomic E-state index is 12.2. The molecular weight excluding hydrogens is 246 g/mol. The number of nitrogens with zero attached hydrogens (tertiary/aromatic N) is 1. The standard InChI is InChI=1S/C13H25N3O3/c1-10(2)9-19-8-7-15-12(17)13(11(14)16-18)5-3-4-6-13/h10,18H,3-9H2,1-2H3,(H2,14,16)(H,15,17). The van der Waals surface area contributed by atoms with Crippen molar-refractivity contribution in [3.8, 4) is 0 Å². The number of amidine groups is 1. The molecule has 0 unspecified atom stereocenters. The van der Waals surface area contributed by atoms with E-state index in [4.69, 9.17) is 15.7 Å². The second-order valence-electron chi connectivity index (χ2n) is 5.50. The first-order chi connectivity index (χ1) is 9.03. The smallest absolute Gasteiger partial charge is 0.234 e. The Kier molecular flexibility index (Phi) is 6.08. The number of hydrogen-bond acceptors (Lipinski definition) is 4. The van der Waals surface area contributed by atoms with E-state index in [1.165, 1.54) is 0 Å². The minimum Gasteiger partial charge on any atom is -0.409 e. The van der Waals surface area contributed by atoms with E-state index in [2.05, 4.69) is 24.3 Å². The van der Waals surface area contributed by atoms with E-state index in [0.717, 1.165) is 12.8 Å². The van der Waals surface area contributed by atoms with Crippen LogP contribution in [0.2, 0.25) is 0 Å². The largest absolute Gasteiger partial charge is 0.409 e. The molecule has 0 atom stereocenters. The number of oxime groups is 1. The average molecular weight is 271 g/mol. The van der Waals surface area contributed by atoms with Crippen LogP contribution < -0.4 is 11.1 Å². The fourth-order valence-corrected chi connectivity index (χ4v) is 2.40. The van der Waals surface area contributed by atoms with E-state index in [1.807, 2.05) is 0 Å². The first-order valence-electron chi connectivity index (χ1n) is 6.87. The molecule has 6 nitrogen and oxygen atoms in total. The SMILES string of the molecule is CC(C)COCCNC(=O)C1(C(N)=NO)CCCC1. The van der Waals surface area contributed by atoms with Crippen LogP contribution >= 0.6 is 0 Å². The summed E-state index contributed by atoms with van der Waals surface area (Å²) in [6.45, 7) is 5.76. The lowest BCUT2D eigenvalue weighted by Crippen LogP contribution is -2.48. The predicted molar refractivity (Wildman–Crippen MR) is 73.0 cm³/mol.